The predicted molar refractivity (Wildman–Crippen MR) is 59.2 cm³/mol. The lowest BCUT2D eigenvalue weighted by atomic mass is 10.1. The van der Waals surface area contributed by atoms with Crippen molar-refractivity contribution < 1.29 is 4.74 Å². The second kappa shape index (κ2) is 4.38. The minimum Gasteiger partial charge on any atom is -0.438 e. The zero-order valence-electron chi connectivity index (χ0n) is 9.08. The van der Waals surface area contributed by atoms with Crippen molar-refractivity contribution in [1.82, 2.24) is 9.78 Å². The molecule has 0 spiro atoms. The molecule has 1 aromatic heterocycles. The van der Waals surface area contributed by atoms with Crippen LogP contribution in [0, 0.1) is 22.7 Å². The van der Waals surface area contributed by atoms with Crippen LogP contribution in [-0.2, 0) is 7.05 Å². The van der Waals surface area contributed by atoms with Gasteiger partial charge in [-0.25, -0.2) is 4.68 Å². The van der Waals surface area contributed by atoms with Gasteiger partial charge in [0.25, 0.3) is 0 Å². The first-order valence-corrected chi connectivity index (χ1v) is 4.84. The van der Waals surface area contributed by atoms with Crippen molar-refractivity contribution in [3.8, 4) is 23.8 Å². The standard InChI is InChI=1S/C12H8N4O/c1-16-12(4-5-15-16)17-11-6-9(7-13)2-3-10(11)8-14/h2-6H,1H3. The van der Waals surface area contributed by atoms with Gasteiger partial charge < -0.3 is 4.74 Å². The van der Waals surface area contributed by atoms with E-state index in [1.807, 2.05) is 12.1 Å². The van der Waals surface area contributed by atoms with E-state index in [4.69, 9.17) is 15.3 Å². The average Bonchev–Trinajstić information content (AvgIpc) is 2.75. The highest BCUT2D eigenvalue weighted by Crippen LogP contribution is 2.25. The van der Waals surface area contributed by atoms with Crippen LogP contribution in [0.3, 0.4) is 0 Å². The first kappa shape index (κ1) is 10.7. The molecule has 0 radical (unpaired) electrons. The molecule has 82 valence electrons. The van der Waals surface area contributed by atoms with Crippen LogP contribution in [0.1, 0.15) is 11.1 Å². The zero-order chi connectivity index (χ0) is 12.3. The molecule has 0 aliphatic carbocycles. The van der Waals surface area contributed by atoms with Gasteiger partial charge >= 0.3 is 0 Å². The third-order valence-corrected chi connectivity index (χ3v) is 2.22. The average molecular weight is 224 g/mol. The van der Waals surface area contributed by atoms with Gasteiger partial charge in [-0.05, 0) is 18.2 Å². The Labute approximate surface area is 98.1 Å². The van der Waals surface area contributed by atoms with Crippen molar-refractivity contribution in [3.05, 3.63) is 41.6 Å². The second-order valence-corrected chi connectivity index (χ2v) is 3.33. The number of aryl methyl sites for hydroxylation is 1. The molecule has 1 aromatic carbocycles. The summed E-state index contributed by atoms with van der Waals surface area (Å²) in [6.07, 6.45) is 1.59. The molecule has 0 aliphatic heterocycles. The van der Waals surface area contributed by atoms with Gasteiger partial charge in [-0.1, -0.05) is 0 Å². The summed E-state index contributed by atoms with van der Waals surface area (Å²) in [6.45, 7) is 0. The third kappa shape index (κ3) is 2.09. The van der Waals surface area contributed by atoms with E-state index in [1.54, 1.807) is 36.1 Å². The molecule has 0 atom stereocenters. The number of nitrogens with zero attached hydrogens (tertiary/aromatic N) is 4. The molecule has 0 bridgehead atoms. The van der Waals surface area contributed by atoms with E-state index < -0.39 is 0 Å². The van der Waals surface area contributed by atoms with Crippen molar-refractivity contribution >= 4 is 0 Å². The Balaban J connectivity index is 2.42. The van der Waals surface area contributed by atoms with Crippen LogP contribution in [0.5, 0.6) is 11.6 Å². The van der Waals surface area contributed by atoms with Crippen molar-refractivity contribution in [2.45, 2.75) is 0 Å². The molecule has 0 saturated heterocycles. The molecule has 2 rings (SSSR count). The van der Waals surface area contributed by atoms with E-state index in [0.717, 1.165) is 0 Å². The van der Waals surface area contributed by atoms with Crippen LogP contribution in [0.25, 0.3) is 0 Å². The third-order valence-electron chi connectivity index (χ3n) is 2.22. The number of hydrogen-bond donors (Lipinski definition) is 0. The van der Waals surface area contributed by atoms with Crippen LogP contribution in [0.2, 0.25) is 0 Å². The topological polar surface area (TPSA) is 74.6 Å². The van der Waals surface area contributed by atoms with E-state index in [2.05, 4.69) is 5.10 Å². The predicted octanol–water partition coefficient (Wildman–Crippen LogP) is 1.96. The van der Waals surface area contributed by atoms with Crippen molar-refractivity contribution in [2.75, 3.05) is 0 Å². The Morgan fingerprint density at radius 1 is 1.24 bits per heavy atom. The van der Waals surface area contributed by atoms with Gasteiger partial charge in [-0.2, -0.15) is 15.6 Å². The van der Waals surface area contributed by atoms with E-state index in [1.165, 1.54) is 6.07 Å². The highest BCUT2D eigenvalue weighted by atomic mass is 16.5. The summed E-state index contributed by atoms with van der Waals surface area (Å²) >= 11 is 0. The highest BCUT2D eigenvalue weighted by Gasteiger charge is 2.08. The number of hydrogen-bond acceptors (Lipinski definition) is 4. The van der Waals surface area contributed by atoms with E-state index in [-0.39, 0.29) is 0 Å². The van der Waals surface area contributed by atoms with Crippen molar-refractivity contribution in [3.63, 3.8) is 0 Å². The number of rotatable bonds is 2. The highest BCUT2D eigenvalue weighted by molar-refractivity contribution is 5.49. The van der Waals surface area contributed by atoms with E-state index in [9.17, 15) is 0 Å². The molecule has 5 nitrogen and oxygen atoms in total. The molecule has 0 unspecified atom stereocenters. The summed E-state index contributed by atoms with van der Waals surface area (Å²) < 4.78 is 7.08. The normalized spacial score (nSPS) is 9.35. The Bertz CT molecular complexity index is 631. The fourth-order valence-electron chi connectivity index (χ4n) is 1.34. The molecule has 0 amide bonds. The second-order valence-electron chi connectivity index (χ2n) is 3.33. The fourth-order valence-corrected chi connectivity index (χ4v) is 1.34. The molecular formula is C12H8N4O. The number of ether oxygens (including phenoxy) is 1. The number of nitriles is 2. The zero-order valence-corrected chi connectivity index (χ0v) is 9.08. The van der Waals surface area contributed by atoms with E-state index in [0.29, 0.717) is 22.8 Å². The van der Waals surface area contributed by atoms with Crippen LogP contribution < -0.4 is 4.74 Å². The first-order chi connectivity index (χ1) is 8.24. The Hall–Kier alpha value is -2.79. The lowest BCUT2D eigenvalue weighted by molar-refractivity contribution is 0.429. The number of aromatic nitrogens is 2. The first-order valence-electron chi connectivity index (χ1n) is 4.84. The van der Waals surface area contributed by atoms with Crippen LogP contribution in [0.4, 0.5) is 0 Å². The molecule has 17 heavy (non-hydrogen) atoms. The molecule has 0 N–H and O–H groups in total. The lowest BCUT2D eigenvalue weighted by Crippen LogP contribution is -1.96. The summed E-state index contributed by atoms with van der Waals surface area (Å²) in [5.41, 5.74) is 0.825. The molecular weight excluding hydrogens is 216 g/mol. The van der Waals surface area contributed by atoms with Crippen LogP contribution >= 0.6 is 0 Å². The smallest absolute Gasteiger partial charge is 0.217 e. The molecule has 0 fully saturated rings. The SMILES string of the molecule is Cn1nccc1Oc1cc(C#N)ccc1C#N. The molecule has 0 aliphatic rings. The van der Waals surface area contributed by atoms with Gasteiger partial charge in [0.15, 0.2) is 0 Å². The van der Waals surface area contributed by atoms with Crippen LogP contribution in [0.15, 0.2) is 30.5 Å². The van der Waals surface area contributed by atoms with Crippen molar-refractivity contribution in [1.29, 1.82) is 10.5 Å². The summed E-state index contributed by atoms with van der Waals surface area (Å²) in [6, 6.07) is 10.4. The van der Waals surface area contributed by atoms with Gasteiger partial charge in [0.1, 0.15) is 11.8 Å². The summed E-state index contributed by atoms with van der Waals surface area (Å²) in [4.78, 5) is 0. The Morgan fingerprint density at radius 3 is 2.65 bits per heavy atom. The Morgan fingerprint density at radius 2 is 2.06 bits per heavy atom. The van der Waals surface area contributed by atoms with Gasteiger partial charge in [0, 0.05) is 13.1 Å². The fraction of sp³-hybridized carbons (Fsp3) is 0.0833. The van der Waals surface area contributed by atoms with E-state index >= 15 is 0 Å². The molecule has 2 aromatic rings. The van der Waals surface area contributed by atoms with Gasteiger partial charge in [-0.3, -0.25) is 0 Å². The monoisotopic (exact) mass is 224 g/mol. The summed E-state index contributed by atoms with van der Waals surface area (Å²) in [5, 5.41) is 21.7. The largest absolute Gasteiger partial charge is 0.438 e. The molecule has 0 saturated carbocycles. The molecule has 1 heterocycles. The van der Waals surface area contributed by atoms with Gasteiger partial charge in [0.2, 0.25) is 5.88 Å². The maximum absolute atomic E-state index is 8.94. The molecule has 5 heteroatoms. The number of benzene rings is 1. The summed E-state index contributed by atoms with van der Waals surface area (Å²) in [5.74, 6) is 0.867. The quantitative estimate of drug-likeness (QED) is 0.781. The maximum atomic E-state index is 8.94. The van der Waals surface area contributed by atoms with Crippen molar-refractivity contribution in [2.24, 2.45) is 7.05 Å². The minimum absolute atomic E-state index is 0.357. The summed E-state index contributed by atoms with van der Waals surface area (Å²) in [7, 11) is 1.73. The maximum Gasteiger partial charge on any atom is 0.217 e. The Kier molecular flexibility index (Phi) is 2.76. The van der Waals surface area contributed by atoms with Crippen LogP contribution in [-0.4, -0.2) is 9.78 Å². The van der Waals surface area contributed by atoms with Gasteiger partial charge in [0.05, 0.1) is 23.4 Å². The minimum atomic E-state index is 0.357. The van der Waals surface area contributed by atoms with Gasteiger partial charge in [-0.15, -0.1) is 0 Å². The lowest BCUT2D eigenvalue weighted by Gasteiger charge is -2.07.